The van der Waals surface area contributed by atoms with Gasteiger partial charge >= 0.3 is 0 Å². The maximum atomic E-state index is 4.50. The predicted octanol–water partition coefficient (Wildman–Crippen LogP) is 3.93. The topological polar surface area (TPSA) is 24.9 Å². The van der Waals surface area contributed by atoms with E-state index in [1.807, 2.05) is 6.20 Å². The molecule has 0 saturated heterocycles. The van der Waals surface area contributed by atoms with Gasteiger partial charge in [-0.3, -0.25) is 4.98 Å². The summed E-state index contributed by atoms with van der Waals surface area (Å²) < 4.78 is 1.04. The largest absolute Gasteiger partial charge is 0.309 e. The van der Waals surface area contributed by atoms with E-state index >= 15 is 0 Å². The van der Waals surface area contributed by atoms with E-state index in [1.165, 1.54) is 12.8 Å². The van der Waals surface area contributed by atoms with Gasteiger partial charge in [0.2, 0.25) is 0 Å². The van der Waals surface area contributed by atoms with Gasteiger partial charge in [-0.15, -0.1) is 0 Å². The first-order valence-corrected chi connectivity index (χ1v) is 6.87. The fourth-order valence-corrected chi connectivity index (χ4v) is 2.30. The third kappa shape index (κ3) is 3.56. The van der Waals surface area contributed by atoms with Crippen molar-refractivity contribution < 1.29 is 0 Å². The minimum atomic E-state index is 0.383. The summed E-state index contributed by atoms with van der Waals surface area (Å²) in [5.74, 6) is 0.661. The Hall–Kier alpha value is -0.410. The molecule has 1 atom stereocenters. The lowest BCUT2D eigenvalue weighted by Crippen LogP contribution is -2.28. The SMILES string of the molecule is CCNC(c1ccc(Br)cn1)C(CC)CC. The standard InChI is InChI=1S/C13H21BrN2/c1-4-10(5-2)13(15-6-3)12-8-7-11(14)9-16-12/h7-10,13,15H,4-6H2,1-3H3. The number of aromatic nitrogens is 1. The molecule has 0 aliphatic heterocycles. The summed E-state index contributed by atoms with van der Waals surface area (Å²) in [6, 6.07) is 4.55. The van der Waals surface area contributed by atoms with Gasteiger partial charge in [0, 0.05) is 10.7 Å². The average molecular weight is 285 g/mol. The lowest BCUT2D eigenvalue weighted by atomic mass is 9.91. The summed E-state index contributed by atoms with van der Waals surface area (Å²) in [7, 11) is 0. The van der Waals surface area contributed by atoms with E-state index in [4.69, 9.17) is 0 Å². The van der Waals surface area contributed by atoms with Crippen LogP contribution in [0.15, 0.2) is 22.8 Å². The van der Waals surface area contributed by atoms with Gasteiger partial charge in [-0.05, 0) is 40.5 Å². The molecular weight excluding hydrogens is 264 g/mol. The highest BCUT2D eigenvalue weighted by Crippen LogP contribution is 2.26. The van der Waals surface area contributed by atoms with Gasteiger partial charge in [-0.25, -0.2) is 0 Å². The molecule has 0 bridgehead atoms. The number of hydrogen-bond acceptors (Lipinski definition) is 2. The zero-order valence-corrected chi connectivity index (χ0v) is 11.9. The van der Waals surface area contributed by atoms with Crippen LogP contribution < -0.4 is 5.32 Å². The van der Waals surface area contributed by atoms with E-state index in [0.717, 1.165) is 16.7 Å². The summed E-state index contributed by atoms with van der Waals surface area (Å²) in [6.07, 6.45) is 4.25. The first-order chi connectivity index (χ1) is 7.72. The molecule has 3 heteroatoms. The van der Waals surface area contributed by atoms with Crippen LogP contribution in [-0.4, -0.2) is 11.5 Å². The third-order valence-electron chi connectivity index (χ3n) is 3.01. The normalized spacial score (nSPS) is 13.1. The van der Waals surface area contributed by atoms with E-state index in [-0.39, 0.29) is 0 Å². The molecule has 0 aliphatic rings. The fraction of sp³-hybridized carbons (Fsp3) is 0.615. The van der Waals surface area contributed by atoms with E-state index in [9.17, 15) is 0 Å². The molecule has 90 valence electrons. The zero-order valence-electron chi connectivity index (χ0n) is 10.3. The summed E-state index contributed by atoms with van der Waals surface area (Å²) in [5, 5.41) is 3.54. The van der Waals surface area contributed by atoms with Gasteiger partial charge in [0.25, 0.3) is 0 Å². The summed E-state index contributed by atoms with van der Waals surface area (Å²) in [6.45, 7) is 7.63. The van der Waals surface area contributed by atoms with Gasteiger partial charge in [0.05, 0.1) is 11.7 Å². The van der Waals surface area contributed by atoms with Crippen molar-refractivity contribution >= 4 is 15.9 Å². The van der Waals surface area contributed by atoms with Crippen LogP contribution in [0.2, 0.25) is 0 Å². The Bertz CT molecular complexity index is 293. The average Bonchev–Trinajstić information content (AvgIpc) is 2.31. The van der Waals surface area contributed by atoms with Crippen LogP contribution in [0.1, 0.15) is 45.3 Å². The second-order valence-electron chi connectivity index (χ2n) is 4.01. The smallest absolute Gasteiger partial charge is 0.0576 e. The zero-order chi connectivity index (χ0) is 12.0. The molecule has 16 heavy (non-hydrogen) atoms. The van der Waals surface area contributed by atoms with E-state index in [2.05, 4.69) is 59.1 Å². The lowest BCUT2D eigenvalue weighted by Gasteiger charge is -2.25. The van der Waals surface area contributed by atoms with Gasteiger partial charge < -0.3 is 5.32 Å². The maximum Gasteiger partial charge on any atom is 0.0576 e. The van der Waals surface area contributed by atoms with Crippen molar-refractivity contribution in [2.75, 3.05) is 6.54 Å². The Morgan fingerprint density at radius 3 is 2.38 bits per heavy atom. The second kappa shape index (κ2) is 7.02. The minimum absolute atomic E-state index is 0.383. The van der Waals surface area contributed by atoms with Gasteiger partial charge in [-0.1, -0.05) is 33.6 Å². The molecule has 0 amide bonds. The quantitative estimate of drug-likeness (QED) is 0.856. The van der Waals surface area contributed by atoms with E-state index in [1.54, 1.807) is 0 Å². The van der Waals surface area contributed by atoms with Crippen molar-refractivity contribution in [3.8, 4) is 0 Å². The Labute approximate surface area is 107 Å². The molecule has 0 spiro atoms. The number of rotatable bonds is 6. The molecule has 1 aromatic heterocycles. The van der Waals surface area contributed by atoms with Crippen molar-refractivity contribution in [2.24, 2.45) is 5.92 Å². The molecule has 0 fully saturated rings. The highest BCUT2D eigenvalue weighted by atomic mass is 79.9. The Balaban J connectivity index is 2.87. The number of pyridine rings is 1. The molecule has 0 aliphatic carbocycles. The molecule has 0 saturated carbocycles. The number of hydrogen-bond donors (Lipinski definition) is 1. The molecule has 0 aromatic carbocycles. The fourth-order valence-electron chi connectivity index (χ4n) is 2.06. The lowest BCUT2D eigenvalue weighted by molar-refractivity contribution is 0.340. The van der Waals surface area contributed by atoms with Crippen molar-refractivity contribution in [1.29, 1.82) is 0 Å². The third-order valence-corrected chi connectivity index (χ3v) is 3.48. The molecular formula is C13H21BrN2. The maximum absolute atomic E-state index is 4.50. The van der Waals surface area contributed by atoms with Crippen LogP contribution in [0, 0.1) is 5.92 Å². The van der Waals surface area contributed by atoms with Gasteiger partial charge in [0.15, 0.2) is 0 Å². The molecule has 0 radical (unpaired) electrons. The van der Waals surface area contributed by atoms with E-state index < -0.39 is 0 Å². The number of halogens is 1. The minimum Gasteiger partial charge on any atom is -0.309 e. The summed E-state index contributed by atoms with van der Waals surface area (Å²) >= 11 is 3.42. The van der Waals surface area contributed by atoms with Crippen LogP contribution in [0.3, 0.4) is 0 Å². The van der Waals surface area contributed by atoms with Gasteiger partial charge in [-0.2, -0.15) is 0 Å². The van der Waals surface area contributed by atoms with Crippen LogP contribution in [0.4, 0.5) is 0 Å². The second-order valence-corrected chi connectivity index (χ2v) is 4.93. The molecule has 1 N–H and O–H groups in total. The van der Waals surface area contributed by atoms with Crippen LogP contribution in [-0.2, 0) is 0 Å². The van der Waals surface area contributed by atoms with Crippen molar-refractivity contribution in [3.05, 3.63) is 28.5 Å². The van der Waals surface area contributed by atoms with Gasteiger partial charge in [0.1, 0.15) is 0 Å². The number of nitrogens with one attached hydrogen (secondary N) is 1. The van der Waals surface area contributed by atoms with Crippen LogP contribution in [0.5, 0.6) is 0 Å². The van der Waals surface area contributed by atoms with Crippen molar-refractivity contribution in [1.82, 2.24) is 10.3 Å². The molecule has 1 rings (SSSR count). The molecule has 1 heterocycles. The summed E-state index contributed by atoms with van der Waals surface area (Å²) in [5.41, 5.74) is 1.15. The van der Waals surface area contributed by atoms with Crippen molar-refractivity contribution in [3.63, 3.8) is 0 Å². The summed E-state index contributed by atoms with van der Waals surface area (Å²) in [4.78, 5) is 4.50. The Morgan fingerprint density at radius 1 is 1.25 bits per heavy atom. The number of nitrogens with zero attached hydrogens (tertiary/aromatic N) is 1. The van der Waals surface area contributed by atoms with E-state index in [0.29, 0.717) is 12.0 Å². The monoisotopic (exact) mass is 284 g/mol. The first kappa shape index (κ1) is 13.7. The van der Waals surface area contributed by atoms with Crippen LogP contribution in [0.25, 0.3) is 0 Å². The molecule has 1 unspecified atom stereocenters. The molecule has 1 aromatic rings. The van der Waals surface area contributed by atoms with Crippen LogP contribution >= 0.6 is 15.9 Å². The first-order valence-electron chi connectivity index (χ1n) is 6.07. The Kier molecular flexibility index (Phi) is 5.99. The highest BCUT2D eigenvalue weighted by Gasteiger charge is 2.20. The van der Waals surface area contributed by atoms with Crippen molar-refractivity contribution in [2.45, 2.75) is 39.7 Å². The molecule has 2 nitrogen and oxygen atoms in total. The predicted molar refractivity (Wildman–Crippen MR) is 72.4 cm³/mol. The Morgan fingerprint density at radius 2 is 1.94 bits per heavy atom. The highest BCUT2D eigenvalue weighted by molar-refractivity contribution is 9.10.